The van der Waals surface area contributed by atoms with Crippen LogP contribution in [-0.4, -0.2) is 33.6 Å². The summed E-state index contributed by atoms with van der Waals surface area (Å²) in [6, 6.07) is 131. The molecule has 19 rings (SSSR count). The van der Waals surface area contributed by atoms with E-state index in [1.807, 2.05) is 60.7 Å². The molecule has 0 spiro atoms. The zero-order valence-electron chi connectivity index (χ0n) is 53.8. The van der Waals surface area contributed by atoms with Crippen molar-refractivity contribution in [2.75, 3.05) is 0 Å². The summed E-state index contributed by atoms with van der Waals surface area (Å²) in [5.41, 5.74) is 24.9. The van der Waals surface area contributed by atoms with Crippen molar-refractivity contribution < 1.29 is 0 Å². The Hall–Kier alpha value is -13.4. The Morgan fingerprint density at radius 1 is 0.152 bits per heavy atom. The molecule has 99 heavy (non-hydrogen) atoms. The van der Waals surface area contributed by atoms with E-state index in [4.69, 9.17) is 19.9 Å². The molecule has 0 aliphatic carbocycles. The van der Waals surface area contributed by atoms with E-state index in [9.17, 15) is 0 Å². The highest BCUT2D eigenvalue weighted by atomic mass is 15.0. The van der Waals surface area contributed by atoms with E-state index in [-0.39, 0.29) is 0 Å². The minimum Gasteiger partial charge on any atom is -0.309 e. The molecule has 0 unspecified atom stereocenters. The number of hydrogen-bond donors (Lipinski definition) is 0. The first kappa shape index (κ1) is 58.2. The molecule has 14 aromatic carbocycles. The minimum absolute atomic E-state index is 0.709. The highest BCUT2D eigenvalue weighted by Gasteiger charge is 2.20. The molecule has 7 heteroatoms. The van der Waals surface area contributed by atoms with Crippen LogP contribution in [0.2, 0.25) is 0 Å². The molecule has 0 saturated carbocycles. The maximum absolute atomic E-state index is 5.10. The molecular weight excluding hydrogens is 1200 g/mol. The van der Waals surface area contributed by atoms with Crippen molar-refractivity contribution in [1.29, 1.82) is 0 Å². The van der Waals surface area contributed by atoms with Gasteiger partial charge in [-0.25, -0.2) is 19.9 Å². The van der Waals surface area contributed by atoms with Gasteiger partial charge in [-0.1, -0.05) is 291 Å². The van der Waals surface area contributed by atoms with E-state index in [2.05, 4.69) is 323 Å². The zero-order valence-corrected chi connectivity index (χ0v) is 53.8. The van der Waals surface area contributed by atoms with Gasteiger partial charge in [0.05, 0.1) is 55.9 Å². The Balaban J connectivity index is 0.000000148. The summed E-state index contributed by atoms with van der Waals surface area (Å²) in [7, 11) is 0. The zero-order chi connectivity index (χ0) is 65.6. The predicted octanol–water partition coefficient (Wildman–Crippen LogP) is 23.6. The van der Waals surface area contributed by atoms with Gasteiger partial charge in [-0.15, -0.1) is 0 Å². The number of rotatable bonds is 11. The maximum atomic E-state index is 5.10. The van der Waals surface area contributed by atoms with Crippen molar-refractivity contribution >= 4 is 65.4 Å². The fraction of sp³-hybridized carbons (Fsp3) is 0. The van der Waals surface area contributed by atoms with Gasteiger partial charge >= 0.3 is 0 Å². The predicted molar refractivity (Wildman–Crippen MR) is 411 cm³/mol. The van der Waals surface area contributed by atoms with Crippen LogP contribution in [-0.2, 0) is 0 Å². The lowest BCUT2D eigenvalue weighted by atomic mass is 10.0. The second-order valence-electron chi connectivity index (χ2n) is 24.9. The Kier molecular flexibility index (Phi) is 14.8. The molecule has 19 aromatic rings. The molecule has 0 radical (unpaired) electrons. The van der Waals surface area contributed by atoms with Crippen molar-refractivity contribution in [3.05, 3.63) is 370 Å². The Morgan fingerprint density at radius 3 is 0.677 bits per heavy atom. The highest BCUT2D eigenvalue weighted by Crippen LogP contribution is 2.40. The molecule has 5 aromatic heterocycles. The quantitative estimate of drug-likeness (QED) is 0.129. The van der Waals surface area contributed by atoms with Crippen molar-refractivity contribution in [2.45, 2.75) is 0 Å². The molecule has 0 atom stereocenters. The lowest BCUT2D eigenvalue weighted by molar-refractivity contribution is 1.13. The molecule has 0 aliphatic rings. The van der Waals surface area contributed by atoms with Crippen molar-refractivity contribution in [3.8, 4) is 107 Å². The first-order valence-electron chi connectivity index (χ1n) is 33.5. The molecule has 5 heterocycles. The van der Waals surface area contributed by atoms with E-state index < -0.39 is 0 Å². The van der Waals surface area contributed by atoms with Crippen LogP contribution in [0.4, 0.5) is 0 Å². The van der Waals surface area contributed by atoms with Crippen LogP contribution < -0.4 is 0 Å². The number of para-hydroxylation sites is 6. The van der Waals surface area contributed by atoms with Crippen molar-refractivity contribution in [1.82, 2.24) is 33.6 Å². The molecule has 0 bridgehead atoms. The van der Waals surface area contributed by atoms with E-state index in [0.717, 1.165) is 95.7 Å². The van der Waals surface area contributed by atoms with Gasteiger partial charge in [0.1, 0.15) is 0 Å². The van der Waals surface area contributed by atoms with E-state index in [1.165, 1.54) is 71.0 Å². The third-order valence-electron chi connectivity index (χ3n) is 19.0. The topological polar surface area (TPSA) is 66.3 Å². The van der Waals surface area contributed by atoms with Crippen molar-refractivity contribution in [2.24, 2.45) is 0 Å². The molecule has 464 valence electrons. The summed E-state index contributed by atoms with van der Waals surface area (Å²) in [6.07, 6.45) is 0. The van der Waals surface area contributed by atoms with Crippen LogP contribution in [0.25, 0.3) is 173 Å². The number of hydrogen-bond acceptors (Lipinski definition) is 4. The van der Waals surface area contributed by atoms with Crippen LogP contribution in [0, 0.1) is 0 Å². The van der Waals surface area contributed by atoms with E-state index in [1.54, 1.807) is 0 Å². The van der Waals surface area contributed by atoms with Gasteiger partial charge in [0.15, 0.2) is 11.6 Å². The first-order chi connectivity index (χ1) is 49.1. The fourth-order valence-electron chi connectivity index (χ4n) is 14.2. The summed E-state index contributed by atoms with van der Waals surface area (Å²) < 4.78 is 7.18. The number of nitrogens with zero attached hydrogens (tertiary/aromatic N) is 7. The summed E-state index contributed by atoms with van der Waals surface area (Å²) >= 11 is 0. The van der Waals surface area contributed by atoms with Gasteiger partial charge in [-0.05, 0) is 101 Å². The van der Waals surface area contributed by atoms with Crippen LogP contribution in [0.1, 0.15) is 0 Å². The van der Waals surface area contributed by atoms with Crippen LogP contribution >= 0.6 is 0 Å². The summed E-state index contributed by atoms with van der Waals surface area (Å²) in [4.78, 5) is 20.0. The van der Waals surface area contributed by atoms with Gasteiger partial charge < -0.3 is 13.7 Å². The number of fused-ring (bicyclic) bond motifs is 9. The highest BCUT2D eigenvalue weighted by molar-refractivity contribution is 6.12. The van der Waals surface area contributed by atoms with Crippen molar-refractivity contribution in [3.63, 3.8) is 0 Å². The largest absolute Gasteiger partial charge is 0.309 e. The van der Waals surface area contributed by atoms with Gasteiger partial charge in [0.25, 0.3) is 0 Å². The van der Waals surface area contributed by atoms with Gasteiger partial charge in [-0.2, -0.15) is 0 Å². The Morgan fingerprint density at radius 2 is 0.374 bits per heavy atom. The molecule has 0 amide bonds. The molecular formula is C92H61N7. The van der Waals surface area contributed by atoms with Crippen LogP contribution in [0.5, 0.6) is 0 Å². The third-order valence-corrected chi connectivity index (χ3v) is 19.0. The average molecular weight is 1260 g/mol. The standard InChI is InChI=1S/C52H34N4.C40H27N3/c1-3-15-36(16-4-1)46-34-47(54-52(53-46)38-17-5-2-6-18-38)37-29-27-35(28-30-37)39-31-40(55-48-23-11-7-19-42(48)43-20-8-12-24-49(43)55)33-41(32-39)56-50-25-13-9-21-44(50)45-22-10-14-26-51(45)56;1-3-11-30(12-4-1)36-27-37(42-40(41-36)32-13-5-2-6-14-32)31-21-19-28(20-22-31)29-23-25-33(26-24-29)43-38-17-9-7-15-34(38)35-16-8-10-18-39(35)43/h1-34H;1-27H. The summed E-state index contributed by atoms with van der Waals surface area (Å²) in [5.74, 6) is 1.43. The average Bonchev–Trinajstić information content (AvgIpc) is 1.61. The maximum Gasteiger partial charge on any atom is 0.160 e. The van der Waals surface area contributed by atoms with E-state index >= 15 is 0 Å². The van der Waals surface area contributed by atoms with Gasteiger partial charge in [0.2, 0.25) is 0 Å². The monoisotopic (exact) mass is 1260 g/mol. The molecule has 7 nitrogen and oxygen atoms in total. The van der Waals surface area contributed by atoms with Gasteiger partial charge in [-0.3, -0.25) is 0 Å². The number of aromatic nitrogens is 7. The second-order valence-corrected chi connectivity index (χ2v) is 24.9. The molecule has 0 N–H and O–H groups in total. The lowest BCUT2D eigenvalue weighted by Gasteiger charge is -2.16. The Labute approximate surface area is 572 Å². The molecule has 0 aliphatic heterocycles. The SMILES string of the molecule is c1ccc(-c2cc(-c3ccc(-c4cc(-n5c6ccccc6c6ccccc65)cc(-n5c6ccccc6c6ccccc65)c4)cc3)nc(-c3ccccc3)n2)cc1.c1ccc(-c2cc(-c3ccc(-c4ccc(-n5c6ccccc6c6ccccc65)cc4)cc3)nc(-c3ccccc3)n2)cc1. The molecule has 0 fully saturated rings. The first-order valence-corrected chi connectivity index (χ1v) is 33.5. The summed E-state index contributed by atoms with van der Waals surface area (Å²) in [5, 5.41) is 7.51. The lowest BCUT2D eigenvalue weighted by Crippen LogP contribution is -2.00. The summed E-state index contributed by atoms with van der Waals surface area (Å²) in [6.45, 7) is 0. The third kappa shape index (κ3) is 10.9. The van der Waals surface area contributed by atoms with Crippen LogP contribution in [0.15, 0.2) is 370 Å². The van der Waals surface area contributed by atoms with Crippen LogP contribution in [0.3, 0.4) is 0 Å². The Bertz CT molecular complexity index is 5770. The smallest absolute Gasteiger partial charge is 0.160 e. The minimum atomic E-state index is 0.709. The second kappa shape index (κ2) is 25.1. The normalized spacial score (nSPS) is 11.4. The molecule has 0 saturated heterocycles. The van der Waals surface area contributed by atoms with E-state index in [0.29, 0.717) is 5.82 Å². The number of benzene rings is 14. The van der Waals surface area contributed by atoms with Gasteiger partial charge in [0, 0.05) is 82.8 Å². The fourth-order valence-corrected chi connectivity index (χ4v) is 14.2.